The molecule has 44 heavy (non-hydrogen) atoms. The second kappa shape index (κ2) is 12.0. The van der Waals surface area contributed by atoms with Crippen LogP contribution in [0.15, 0.2) is 85.1 Å². The molecule has 0 fully saturated rings. The molecule has 0 saturated carbocycles. The Morgan fingerprint density at radius 3 is 2.50 bits per heavy atom. The molecule has 0 atom stereocenters. The molecule has 1 N–H and O–H groups in total. The van der Waals surface area contributed by atoms with Crippen molar-refractivity contribution < 1.29 is 18.8 Å². The topological polar surface area (TPSA) is 79.4 Å². The van der Waals surface area contributed by atoms with E-state index < -0.39 is 0 Å². The van der Waals surface area contributed by atoms with Gasteiger partial charge in [-0.25, -0.2) is 4.39 Å². The van der Waals surface area contributed by atoms with E-state index in [0.29, 0.717) is 45.9 Å². The van der Waals surface area contributed by atoms with Crippen LogP contribution in [0.2, 0.25) is 0 Å². The summed E-state index contributed by atoms with van der Waals surface area (Å²) in [7, 11) is 0. The van der Waals surface area contributed by atoms with Crippen LogP contribution in [0.25, 0.3) is 10.4 Å². The number of ketones is 1. The predicted molar refractivity (Wildman–Crippen MR) is 172 cm³/mol. The van der Waals surface area contributed by atoms with Gasteiger partial charge < -0.3 is 10.2 Å². The summed E-state index contributed by atoms with van der Waals surface area (Å²) in [5, 5.41) is 2.89. The molecular formula is C36H30FN3O3S. The first-order chi connectivity index (χ1) is 21.2. The number of pyridine rings is 1. The van der Waals surface area contributed by atoms with Crippen LogP contribution < -0.4 is 10.2 Å². The highest BCUT2D eigenvalue weighted by molar-refractivity contribution is 7.17. The van der Waals surface area contributed by atoms with Gasteiger partial charge in [-0.2, -0.15) is 0 Å². The molecule has 5 aromatic rings. The zero-order chi connectivity index (χ0) is 31.0. The quantitative estimate of drug-likeness (QED) is 0.201. The molecule has 0 radical (unpaired) electrons. The van der Waals surface area contributed by atoms with Crippen molar-refractivity contribution in [3.8, 4) is 10.4 Å². The van der Waals surface area contributed by atoms with Gasteiger partial charge in [-0.3, -0.25) is 19.4 Å². The molecule has 3 aromatic carbocycles. The van der Waals surface area contributed by atoms with Crippen molar-refractivity contribution in [2.24, 2.45) is 0 Å². The van der Waals surface area contributed by atoms with E-state index in [2.05, 4.69) is 10.3 Å². The van der Waals surface area contributed by atoms with Crippen molar-refractivity contribution >= 4 is 40.3 Å². The molecular weight excluding hydrogens is 573 g/mol. The molecule has 2 aromatic heterocycles. The lowest BCUT2D eigenvalue weighted by atomic mass is 10.0. The first-order valence-electron chi connectivity index (χ1n) is 14.4. The number of carbonyl (C=O) groups excluding carboxylic acids is 3. The largest absolute Gasteiger partial charge is 0.322 e. The maximum absolute atomic E-state index is 14.4. The summed E-state index contributed by atoms with van der Waals surface area (Å²) in [5.74, 6) is -0.907. The zero-order valence-corrected chi connectivity index (χ0v) is 25.4. The molecule has 0 bridgehead atoms. The lowest BCUT2D eigenvalue weighted by Gasteiger charge is -2.23. The molecule has 6 nitrogen and oxygen atoms in total. The molecule has 0 saturated heterocycles. The van der Waals surface area contributed by atoms with Crippen molar-refractivity contribution in [3.63, 3.8) is 0 Å². The number of nitrogens with one attached hydrogen (secondary N) is 1. The van der Waals surface area contributed by atoms with Crippen molar-refractivity contribution in [2.45, 2.75) is 33.6 Å². The van der Waals surface area contributed by atoms with Crippen LogP contribution >= 0.6 is 11.3 Å². The standard InChI is InChI=1S/C36H30FN3O3S/c1-21-17-29(23(3)38-20-21)35(42)39-26-13-11-24(12-14-26)36(43)40-16-15-25-18-33(44-34(25)27-8-4-5-10-31(27)40)32(41)19-28-22(2)7-6-9-30(28)37/h4-14,17-18,20H,15-16,19H2,1-3H3,(H,39,42). The van der Waals surface area contributed by atoms with E-state index in [4.69, 9.17) is 0 Å². The van der Waals surface area contributed by atoms with Crippen molar-refractivity contribution in [1.82, 2.24) is 4.98 Å². The SMILES string of the molecule is Cc1cnc(C)c(C(=O)Nc2ccc(C(=O)N3CCc4cc(C(=O)Cc5c(C)cccc5F)sc4-c4ccccc43)cc2)c1. The number of rotatable bonds is 6. The number of hydrogen-bond acceptors (Lipinski definition) is 5. The summed E-state index contributed by atoms with van der Waals surface area (Å²) in [6, 6.07) is 23.1. The van der Waals surface area contributed by atoms with Gasteiger partial charge in [0.1, 0.15) is 5.82 Å². The molecule has 1 aliphatic rings. The van der Waals surface area contributed by atoms with E-state index >= 15 is 0 Å². The van der Waals surface area contributed by atoms with Crippen LogP contribution in [0.3, 0.4) is 0 Å². The van der Waals surface area contributed by atoms with Crippen LogP contribution in [0.1, 0.15) is 58.3 Å². The van der Waals surface area contributed by atoms with Crippen LogP contribution in [0.5, 0.6) is 0 Å². The Morgan fingerprint density at radius 2 is 1.73 bits per heavy atom. The minimum atomic E-state index is -0.370. The maximum atomic E-state index is 14.4. The molecule has 220 valence electrons. The number of nitrogens with zero attached hydrogens (tertiary/aromatic N) is 2. The fourth-order valence-corrected chi connectivity index (χ4v) is 6.68. The van der Waals surface area contributed by atoms with E-state index in [1.807, 2.05) is 50.2 Å². The first kappa shape index (κ1) is 29.1. The van der Waals surface area contributed by atoms with Gasteiger partial charge in [-0.05, 0) is 98.0 Å². The third kappa shape index (κ3) is 5.68. The van der Waals surface area contributed by atoms with E-state index in [9.17, 15) is 18.8 Å². The van der Waals surface area contributed by atoms with Gasteiger partial charge in [0.25, 0.3) is 11.8 Å². The molecule has 0 aliphatic carbocycles. The number of carbonyl (C=O) groups is 3. The Balaban J connectivity index is 1.22. The van der Waals surface area contributed by atoms with Gasteiger partial charge in [0.2, 0.25) is 0 Å². The van der Waals surface area contributed by atoms with Gasteiger partial charge in [-0.1, -0.05) is 30.3 Å². The zero-order valence-electron chi connectivity index (χ0n) is 24.6. The highest BCUT2D eigenvalue weighted by Gasteiger charge is 2.28. The molecule has 0 spiro atoms. The van der Waals surface area contributed by atoms with Gasteiger partial charge in [0.05, 0.1) is 16.1 Å². The van der Waals surface area contributed by atoms with Gasteiger partial charge in [0, 0.05) is 46.5 Å². The van der Waals surface area contributed by atoms with Gasteiger partial charge >= 0.3 is 0 Å². The van der Waals surface area contributed by atoms with Gasteiger partial charge in [0.15, 0.2) is 5.78 Å². The van der Waals surface area contributed by atoms with E-state index in [1.165, 1.54) is 17.4 Å². The molecule has 0 unspecified atom stereocenters. The average Bonchev–Trinajstić information content (AvgIpc) is 3.38. The highest BCUT2D eigenvalue weighted by Crippen LogP contribution is 2.42. The highest BCUT2D eigenvalue weighted by atomic mass is 32.1. The molecule has 3 heterocycles. The average molecular weight is 604 g/mol. The lowest BCUT2D eigenvalue weighted by molar-refractivity contribution is 0.0982. The number of halogens is 1. The number of para-hydroxylation sites is 1. The van der Waals surface area contributed by atoms with E-state index in [1.54, 1.807) is 54.4 Å². The van der Waals surface area contributed by atoms with Crippen LogP contribution in [-0.2, 0) is 12.8 Å². The fraction of sp³-hybridized carbons (Fsp3) is 0.167. The third-order valence-corrected chi connectivity index (χ3v) is 9.17. The summed E-state index contributed by atoms with van der Waals surface area (Å²) in [4.78, 5) is 47.5. The van der Waals surface area contributed by atoms with Crippen LogP contribution in [0, 0.1) is 26.6 Å². The number of Topliss-reactive ketones (excluding diaryl/α,β-unsaturated/α-hetero) is 1. The first-order valence-corrected chi connectivity index (χ1v) is 15.2. The third-order valence-electron chi connectivity index (χ3n) is 7.92. The van der Waals surface area contributed by atoms with Crippen LogP contribution in [-0.4, -0.2) is 29.1 Å². The summed E-state index contributed by atoms with van der Waals surface area (Å²) < 4.78 is 14.4. The van der Waals surface area contributed by atoms with Gasteiger partial charge in [-0.15, -0.1) is 11.3 Å². The van der Waals surface area contributed by atoms with Crippen LogP contribution in [0.4, 0.5) is 15.8 Å². The Hall–Kier alpha value is -4.95. The number of amides is 2. The lowest BCUT2D eigenvalue weighted by Crippen LogP contribution is -2.32. The molecule has 6 rings (SSSR count). The normalized spacial score (nSPS) is 12.2. The summed E-state index contributed by atoms with van der Waals surface area (Å²) >= 11 is 1.39. The number of benzene rings is 3. The smallest absolute Gasteiger partial charge is 0.258 e. The molecule has 8 heteroatoms. The molecule has 2 amide bonds. The summed E-state index contributed by atoms with van der Waals surface area (Å²) in [6.07, 6.45) is 2.29. The second-order valence-electron chi connectivity index (χ2n) is 11.0. The Morgan fingerprint density at radius 1 is 0.955 bits per heavy atom. The maximum Gasteiger partial charge on any atom is 0.258 e. The number of hydrogen-bond donors (Lipinski definition) is 1. The number of fused-ring (bicyclic) bond motifs is 3. The predicted octanol–water partition coefficient (Wildman–Crippen LogP) is 7.76. The Kier molecular flexibility index (Phi) is 7.93. The number of thiophene rings is 1. The number of anilines is 2. The van der Waals surface area contributed by atoms with E-state index in [-0.39, 0.29) is 29.8 Å². The summed E-state index contributed by atoms with van der Waals surface area (Å²) in [5.41, 5.74) is 6.93. The molecule has 1 aliphatic heterocycles. The monoisotopic (exact) mass is 603 g/mol. The second-order valence-corrected chi connectivity index (χ2v) is 12.1. The van der Waals surface area contributed by atoms with Crippen molar-refractivity contribution in [1.29, 1.82) is 0 Å². The fourth-order valence-electron chi connectivity index (χ4n) is 5.50. The Bertz CT molecular complexity index is 1910. The van der Waals surface area contributed by atoms with Crippen molar-refractivity contribution in [3.05, 3.63) is 135 Å². The number of aryl methyl sites for hydroxylation is 3. The number of aromatic nitrogens is 1. The Labute approximate surface area is 259 Å². The minimum absolute atomic E-state index is 0.00208. The van der Waals surface area contributed by atoms with E-state index in [0.717, 1.165) is 32.8 Å². The minimum Gasteiger partial charge on any atom is -0.322 e. The van der Waals surface area contributed by atoms with Crippen molar-refractivity contribution in [2.75, 3.05) is 16.8 Å². The summed E-state index contributed by atoms with van der Waals surface area (Å²) in [6.45, 7) is 5.92.